The molecule has 17 heavy (non-hydrogen) atoms. The highest BCUT2D eigenvalue weighted by Gasteiger charge is 2.19. The first kappa shape index (κ1) is 13.1. The number of rotatable bonds is 4. The van der Waals surface area contributed by atoms with Gasteiger partial charge in [0.15, 0.2) is 5.69 Å². The Bertz CT molecular complexity index is 416. The van der Waals surface area contributed by atoms with Crippen molar-refractivity contribution in [3.05, 3.63) is 23.5 Å². The fourth-order valence-corrected chi connectivity index (χ4v) is 1.28. The quantitative estimate of drug-likeness (QED) is 0.828. The SMILES string of the molecule is Cc1ccc(C(=O)N(C)CC(C)C(=O)O)nn1. The van der Waals surface area contributed by atoms with Crippen molar-refractivity contribution in [2.24, 2.45) is 5.92 Å². The molecule has 1 unspecified atom stereocenters. The van der Waals surface area contributed by atoms with Crippen molar-refractivity contribution in [3.63, 3.8) is 0 Å². The van der Waals surface area contributed by atoms with Gasteiger partial charge in [0.1, 0.15) is 0 Å². The van der Waals surface area contributed by atoms with Gasteiger partial charge in [0.2, 0.25) is 0 Å². The number of aliphatic carboxylic acids is 1. The molecule has 0 aliphatic heterocycles. The van der Waals surface area contributed by atoms with Gasteiger partial charge in [-0.25, -0.2) is 0 Å². The van der Waals surface area contributed by atoms with E-state index in [1.165, 1.54) is 4.90 Å². The molecule has 0 fully saturated rings. The van der Waals surface area contributed by atoms with Crippen LogP contribution in [-0.4, -0.2) is 45.7 Å². The van der Waals surface area contributed by atoms with E-state index in [-0.39, 0.29) is 18.1 Å². The zero-order valence-corrected chi connectivity index (χ0v) is 10.0. The number of carbonyl (C=O) groups excluding carboxylic acids is 1. The van der Waals surface area contributed by atoms with Gasteiger partial charge in [-0.05, 0) is 19.1 Å². The molecular formula is C11H15N3O3. The van der Waals surface area contributed by atoms with Gasteiger partial charge >= 0.3 is 5.97 Å². The van der Waals surface area contributed by atoms with Crippen LogP contribution in [0.1, 0.15) is 23.1 Å². The fraction of sp³-hybridized carbons (Fsp3) is 0.455. The molecule has 0 aromatic carbocycles. The van der Waals surface area contributed by atoms with Crippen LogP contribution >= 0.6 is 0 Å². The van der Waals surface area contributed by atoms with Crippen molar-refractivity contribution in [2.45, 2.75) is 13.8 Å². The summed E-state index contributed by atoms with van der Waals surface area (Å²) in [6.07, 6.45) is 0. The predicted octanol–water partition coefficient (Wildman–Crippen LogP) is 0.578. The number of aromatic nitrogens is 2. The van der Waals surface area contributed by atoms with Gasteiger partial charge in [-0.1, -0.05) is 6.92 Å². The van der Waals surface area contributed by atoms with Crippen molar-refractivity contribution < 1.29 is 14.7 Å². The molecule has 0 spiro atoms. The van der Waals surface area contributed by atoms with Gasteiger partial charge in [0.25, 0.3) is 5.91 Å². The highest BCUT2D eigenvalue weighted by molar-refractivity contribution is 5.92. The maximum atomic E-state index is 11.8. The molecule has 1 rings (SSSR count). The Morgan fingerprint density at radius 2 is 2.06 bits per heavy atom. The summed E-state index contributed by atoms with van der Waals surface area (Å²) in [5.41, 5.74) is 0.943. The van der Waals surface area contributed by atoms with Gasteiger partial charge in [-0.3, -0.25) is 9.59 Å². The topological polar surface area (TPSA) is 83.4 Å². The van der Waals surface area contributed by atoms with Gasteiger partial charge < -0.3 is 10.0 Å². The third-order valence-electron chi connectivity index (χ3n) is 2.33. The van der Waals surface area contributed by atoms with E-state index in [1.807, 2.05) is 0 Å². The summed E-state index contributed by atoms with van der Waals surface area (Å²) in [6.45, 7) is 3.47. The summed E-state index contributed by atoms with van der Waals surface area (Å²) in [4.78, 5) is 23.8. The summed E-state index contributed by atoms with van der Waals surface area (Å²) in [5.74, 6) is -1.87. The number of carbonyl (C=O) groups is 2. The van der Waals surface area contributed by atoms with E-state index in [2.05, 4.69) is 10.2 Å². The van der Waals surface area contributed by atoms with Gasteiger partial charge in [-0.15, -0.1) is 5.10 Å². The van der Waals surface area contributed by atoms with Crippen molar-refractivity contribution in [3.8, 4) is 0 Å². The predicted molar refractivity (Wildman–Crippen MR) is 60.5 cm³/mol. The van der Waals surface area contributed by atoms with Crippen LogP contribution in [0, 0.1) is 12.8 Å². The molecule has 1 amide bonds. The maximum Gasteiger partial charge on any atom is 0.308 e. The molecule has 0 bridgehead atoms. The summed E-state index contributed by atoms with van der Waals surface area (Å²) in [7, 11) is 1.54. The number of nitrogens with zero attached hydrogens (tertiary/aromatic N) is 3. The molecule has 1 aromatic rings. The van der Waals surface area contributed by atoms with E-state index in [0.717, 1.165) is 5.69 Å². The monoisotopic (exact) mass is 237 g/mol. The van der Waals surface area contributed by atoms with Crippen LogP contribution in [-0.2, 0) is 4.79 Å². The van der Waals surface area contributed by atoms with E-state index in [1.54, 1.807) is 33.0 Å². The Morgan fingerprint density at radius 1 is 1.41 bits per heavy atom. The van der Waals surface area contributed by atoms with E-state index in [9.17, 15) is 9.59 Å². The molecular weight excluding hydrogens is 222 g/mol. The summed E-state index contributed by atoms with van der Waals surface area (Å²) in [5, 5.41) is 16.3. The van der Waals surface area contributed by atoms with Crippen LogP contribution in [0.5, 0.6) is 0 Å². The number of carboxylic acids is 1. The average Bonchev–Trinajstić information content (AvgIpc) is 2.28. The van der Waals surface area contributed by atoms with Crippen LogP contribution in [0.4, 0.5) is 0 Å². The van der Waals surface area contributed by atoms with E-state index < -0.39 is 11.9 Å². The second-order valence-corrected chi connectivity index (χ2v) is 3.98. The standard InChI is InChI=1S/C11H15N3O3/c1-7(11(16)17)6-14(3)10(15)9-5-4-8(2)12-13-9/h4-5,7H,6H2,1-3H3,(H,16,17). The lowest BCUT2D eigenvalue weighted by molar-refractivity contribution is -0.141. The normalized spacial score (nSPS) is 11.9. The molecule has 0 aliphatic rings. The highest BCUT2D eigenvalue weighted by atomic mass is 16.4. The molecule has 0 aliphatic carbocycles. The van der Waals surface area contributed by atoms with Crippen molar-refractivity contribution in [2.75, 3.05) is 13.6 Å². The minimum Gasteiger partial charge on any atom is -0.481 e. The smallest absolute Gasteiger partial charge is 0.308 e. The molecule has 1 heterocycles. The summed E-state index contributed by atoms with van der Waals surface area (Å²) < 4.78 is 0. The molecule has 6 heteroatoms. The van der Waals surface area contributed by atoms with E-state index in [0.29, 0.717) is 0 Å². The lowest BCUT2D eigenvalue weighted by Gasteiger charge is -2.18. The molecule has 1 aromatic heterocycles. The summed E-state index contributed by atoms with van der Waals surface area (Å²) in [6, 6.07) is 3.27. The zero-order chi connectivity index (χ0) is 13.0. The Labute approximate surface area is 99.3 Å². The van der Waals surface area contributed by atoms with Crippen molar-refractivity contribution >= 4 is 11.9 Å². The Morgan fingerprint density at radius 3 is 2.53 bits per heavy atom. The minimum absolute atomic E-state index is 0.143. The van der Waals surface area contributed by atoms with Gasteiger partial charge in [0, 0.05) is 13.6 Å². The van der Waals surface area contributed by atoms with Gasteiger partial charge in [0.05, 0.1) is 11.6 Å². The average molecular weight is 237 g/mol. The molecule has 6 nitrogen and oxygen atoms in total. The lowest BCUT2D eigenvalue weighted by atomic mass is 10.1. The van der Waals surface area contributed by atoms with Crippen molar-refractivity contribution in [1.82, 2.24) is 15.1 Å². The number of carboxylic acid groups (broad SMARTS) is 1. The molecule has 0 saturated heterocycles. The molecule has 92 valence electrons. The maximum absolute atomic E-state index is 11.8. The first-order valence-electron chi connectivity index (χ1n) is 5.20. The number of hydrogen-bond acceptors (Lipinski definition) is 4. The first-order chi connectivity index (χ1) is 7.91. The second kappa shape index (κ2) is 5.38. The number of amides is 1. The van der Waals surface area contributed by atoms with Crippen LogP contribution in [0.15, 0.2) is 12.1 Å². The number of aryl methyl sites for hydroxylation is 1. The zero-order valence-electron chi connectivity index (χ0n) is 10.0. The van der Waals surface area contributed by atoms with Crippen LogP contribution < -0.4 is 0 Å². The van der Waals surface area contributed by atoms with Gasteiger partial charge in [-0.2, -0.15) is 5.10 Å². The molecule has 1 atom stereocenters. The van der Waals surface area contributed by atoms with Crippen LogP contribution in [0.25, 0.3) is 0 Å². The second-order valence-electron chi connectivity index (χ2n) is 3.98. The Hall–Kier alpha value is -1.98. The first-order valence-corrected chi connectivity index (χ1v) is 5.20. The summed E-state index contributed by atoms with van der Waals surface area (Å²) >= 11 is 0. The molecule has 1 N–H and O–H groups in total. The van der Waals surface area contributed by atoms with Crippen LogP contribution in [0.3, 0.4) is 0 Å². The Balaban J connectivity index is 2.70. The minimum atomic E-state index is -0.931. The highest BCUT2D eigenvalue weighted by Crippen LogP contribution is 2.04. The van der Waals surface area contributed by atoms with Crippen LogP contribution in [0.2, 0.25) is 0 Å². The molecule has 0 saturated carbocycles. The lowest BCUT2D eigenvalue weighted by Crippen LogP contribution is -2.34. The third kappa shape index (κ3) is 3.51. The Kier molecular flexibility index (Phi) is 4.14. The number of hydrogen-bond donors (Lipinski definition) is 1. The van der Waals surface area contributed by atoms with Crippen molar-refractivity contribution in [1.29, 1.82) is 0 Å². The fourth-order valence-electron chi connectivity index (χ4n) is 1.28. The molecule has 0 radical (unpaired) electrons. The van der Waals surface area contributed by atoms with E-state index >= 15 is 0 Å². The van der Waals surface area contributed by atoms with E-state index in [4.69, 9.17) is 5.11 Å². The largest absolute Gasteiger partial charge is 0.481 e. The third-order valence-corrected chi connectivity index (χ3v) is 2.33.